The van der Waals surface area contributed by atoms with Crippen LogP contribution in [0.4, 0.5) is 0 Å². The Morgan fingerprint density at radius 2 is 0.714 bits per heavy atom. The molecule has 14 nitrogen and oxygen atoms in total. The Bertz CT molecular complexity index is 465. The Morgan fingerprint density at radius 3 is 0.786 bits per heavy atom. The van der Waals surface area contributed by atoms with Gasteiger partial charge >= 0.3 is 35.8 Å². The number of rotatable bonds is 8. The molecule has 0 heterocycles. The van der Waals surface area contributed by atoms with Crippen molar-refractivity contribution in [3.05, 3.63) is 0 Å². The van der Waals surface area contributed by atoms with Gasteiger partial charge in [0.05, 0.1) is 12.8 Å². The van der Waals surface area contributed by atoms with Crippen molar-refractivity contribution >= 4 is 35.8 Å². The Kier molecular flexibility index (Phi) is 34.7. The van der Waals surface area contributed by atoms with E-state index in [9.17, 15) is 28.8 Å². The molecule has 0 bridgehead atoms. The van der Waals surface area contributed by atoms with Crippen molar-refractivity contribution in [3.8, 4) is 0 Å². The maximum Gasteiger partial charge on any atom is 0.335 e. The summed E-state index contributed by atoms with van der Waals surface area (Å²) < 4.78 is 0. The number of carboxylic acids is 6. The number of aliphatic hydroxyl groups is 2. The molecule has 0 radical (unpaired) electrons. The fraction of sp³-hybridized carbons (Fsp3) is 0.455. The Hall–Kier alpha value is -1.39. The Morgan fingerprint density at radius 1 is 0.500 bits per heavy atom. The monoisotopic (exact) mass is 564 g/mol. The minimum Gasteiger partial charge on any atom is -0.481 e. The third-order valence-corrected chi connectivity index (χ3v) is 1.66. The first-order valence-corrected chi connectivity index (χ1v) is 5.91. The summed E-state index contributed by atoms with van der Waals surface area (Å²) in [7, 11) is 0. The van der Waals surface area contributed by atoms with Crippen molar-refractivity contribution in [1.82, 2.24) is 0 Å². The van der Waals surface area contributed by atoms with Crippen LogP contribution in [0.5, 0.6) is 0 Å². The molecule has 2 atom stereocenters. The minimum absolute atomic E-state index is 0. The summed E-state index contributed by atoms with van der Waals surface area (Å²) in [5.41, 5.74) is 0. The SMILES string of the molecule is O=C(O)C(O)C(O)C(=O)O.O=C(O)CC(=O)O.O=C(O)CCC(=O)O.[Zn].[Zn].[Zn]. The minimum atomic E-state index is -2.27. The van der Waals surface area contributed by atoms with Crippen LogP contribution in [0.25, 0.3) is 0 Å². The number of aliphatic hydroxyl groups excluding tert-OH is 2. The largest absolute Gasteiger partial charge is 0.481 e. The summed E-state index contributed by atoms with van der Waals surface area (Å²) >= 11 is 0. The zero-order chi connectivity index (χ0) is 20.7. The molecular formula is C11H16O14Zn3. The van der Waals surface area contributed by atoms with Crippen LogP contribution in [-0.2, 0) is 87.2 Å². The standard InChI is InChI=1S/C4H6O6.C4H6O4.C3H4O4.3Zn/c5-1(3(7)8)2(6)4(9)10;5-3(6)1-2-4(7)8;4-2(5)1-3(6)7;;;/h1-2,5-6H,(H,7,8)(H,9,10);1-2H2,(H,5,6)(H,7,8);1H2,(H,4,5)(H,6,7);;;. The normalized spacial score (nSPS) is 10.1. The molecule has 0 saturated carbocycles. The molecule has 0 aliphatic carbocycles. The number of hydrogen-bond donors (Lipinski definition) is 8. The van der Waals surface area contributed by atoms with Gasteiger partial charge in [-0.3, -0.25) is 19.2 Å². The van der Waals surface area contributed by atoms with Gasteiger partial charge in [-0.05, 0) is 0 Å². The van der Waals surface area contributed by atoms with E-state index in [0.717, 1.165) is 0 Å². The molecule has 8 N–H and O–H groups in total. The summed E-state index contributed by atoms with van der Waals surface area (Å²) in [5, 5.41) is 63.7. The molecule has 0 fully saturated rings. The fourth-order valence-electron chi connectivity index (χ4n) is 0.613. The van der Waals surface area contributed by atoms with Gasteiger partial charge in [-0.2, -0.15) is 0 Å². The second-order valence-corrected chi connectivity index (χ2v) is 3.82. The van der Waals surface area contributed by atoms with Crippen molar-refractivity contribution in [2.75, 3.05) is 0 Å². The van der Waals surface area contributed by atoms with Crippen molar-refractivity contribution in [1.29, 1.82) is 0 Å². The van der Waals surface area contributed by atoms with Gasteiger partial charge in [-0.25, -0.2) is 9.59 Å². The number of aliphatic carboxylic acids is 6. The molecular weight excluding hydrogens is 552 g/mol. The van der Waals surface area contributed by atoms with Gasteiger partial charge in [0.25, 0.3) is 0 Å². The molecule has 150 valence electrons. The molecule has 17 heteroatoms. The number of carboxylic acid groups (broad SMARTS) is 6. The van der Waals surface area contributed by atoms with E-state index in [1.165, 1.54) is 0 Å². The second kappa shape index (κ2) is 23.6. The average molecular weight is 568 g/mol. The van der Waals surface area contributed by atoms with Gasteiger partial charge in [0.1, 0.15) is 6.42 Å². The molecule has 0 aromatic heterocycles. The van der Waals surface area contributed by atoms with Crippen molar-refractivity contribution < 1.29 is 128 Å². The molecule has 0 spiro atoms. The molecule has 0 saturated heterocycles. The predicted octanol–water partition coefficient (Wildman–Crippen LogP) is -2.65. The quantitative estimate of drug-likeness (QED) is 0.110. The molecule has 0 rings (SSSR count). The van der Waals surface area contributed by atoms with Crippen LogP contribution in [0.3, 0.4) is 0 Å². The first kappa shape index (κ1) is 41.1. The third-order valence-electron chi connectivity index (χ3n) is 1.66. The summed E-state index contributed by atoms with van der Waals surface area (Å²) in [5.74, 6) is -8.32. The molecule has 0 aromatic rings. The maximum absolute atomic E-state index is 9.77. The van der Waals surface area contributed by atoms with E-state index in [1.54, 1.807) is 0 Å². The first-order chi connectivity index (χ1) is 11.2. The van der Waals surface area contributed by atoms with Gasteiger partial charge in [0.15, 0.2) is 12.2 Å². The van der Waals surface area contributed by atoms with Gasteiger partial charge in [0, 0.05) is 58.4 Å². The fourth-order valence-corrected chi connectivity index (χ4v) is 0.613. The molecule has 2 unspecified atom stereocenters. The van der Waals surface area contributed by atoms with Crippen LogP contribution in [-0.4, -0.2) is 88.9 Å². The van der Waals surface area contributed by atoms with Gasteiger partial charge in [-0.1, -0.05) is 0 Å². The van der Waals surface area contributed by atoms with Crippen molar-refractivity contribution in [2.24, 2.45) is 0 Å². The van der Waals surface area contributed by atoms with E-state index in [-0.39, 0.29) is 71.3 Å². The smallest absolute Gasteiger partial charge is 0.335 e. The summed E-state index contributed by atoms with van der Waals surface area (Å²) in [6, 6.07) is 0. The van der Waals surface area contributed by atoms with E-state index < -0.39 is 54.4 Å². The Balaban J connectivity index is -0.0000000625. The summed E-state index contributed by atoms with van der Waals surface area (Å²) in [6.07, 6.45) is -5.93. The molecule has 0 aromatic carbocycles. The number of hydrogen-bond acceptors (Lipinski definition) is 8. The summed E-state index contributed by atoms with van der Waals surface area (Å²) in [6.45, 7) is 0. The number of carbonyl (C=O) groups is 6. The summed E-state index contributed by atoms with van der Waals surface area (Å²) in [4.78, 5) is 57.7. The van der Waals surface area contributed by atoms with E-state index in [4.69, 9.17) is 40.9 Å². The van der Waals surface area contributed by atoms with Crippen LogP contribution in [0, 0.1) is 0 Å². The first-order valence-electron chi connectivity index (χ1n) is 5.91. The van der Waals surface area contributed by atoms with Crippen LogP contribution < -0.4 is 0 Å². The maximum atomic E-state index is 9.77. The van der Waals surface area contributed by atoms with E-state index in [1.807, 2.05) is 0 Å². The molecule has 0 aliphatic heterocycles. The van der Waals surface area contributed by atoms with Crippen molar-refractivity contribution in [2.45, 2.75) is 31.5 Å². The van der Waals surface area contributed by atoms with E-state index in [0.29, 0.717) is 0 Å². The molecule has 0 amide bonds. The van der Waals surface area contributed by atoms with Crippen molar-refractivity contribution in [3.63, 3.8) is 0 Å². The zero-order valence-corrected chi connectivity index (χ0v) is 23.3. The van der Waals surface area contributed by atoms with Crippen LogP contribution in [0.2, 0.25) is 0 Å². The van der Waals surface area contributed by atoms with Crippen LogP contribution >= 0.6 is 0 Å². The Labute approximate surface area is 194 Å². The van der Waals surface area contributed by atoms with E-state index in [2.05, 4.69) is 0 Å². The van der Waals surface area contributed by atoms with E-state index >= 15 is 0 Å². The van der Waals surface area contributed by atoms with Gasteiger partial charge in [-0.15, -0.1) is 0 Å². The van der Waals surface area contributed by atoms with Gasteiger partial charge in [0.2, 0.25) is 0 Å². The zero-order valence-electron chi connectivity index (χ0n) is 14.4. The second-order valence-electron chi connectivity index (χ2n) is 3.82. The average Bonchev–Trinajstić information content (AvgIpc) is 2.43. The van der Waals surface area contributed by atoms with Gasteiger partial charge < -0.3 is 40.9 Å². The topological polar surface area (TPSA) is 264 Å². The van der Waals surface area contributed by atoms with Crippen LogP contribution in [0.15, 0.2) is 0 Å². The predicted molar refractivity (Wildman–Crippen MR) is 71.7 cm³/mol. The molecule has 0 aliphatic rings. The third kappa shape index (κ3) is 35.7. The van der Waals surface area contributed by atoms with Crippen LogP contribution in [0.1, 0.15) is 19.3 Å². The molecule has 28 heavy (non-hydrogen) atoms.